The fourth-order valence-electron chi connectivity index (χ4n) is 3.96. The number of nitrogens with zero attached hydrogens (tertiary/aromatic N) is 4. The lowest BCUT2D eigenvalue weighted by atomic mass is 10.0. The van der Waals surface area contributed by atoms with Crippen LogP contribution in [-0.4, -0.2) is 34.9 Å². The van der Waals surface area contributed by atoms with Gasteiger partial charge in [-0.2, -0.15) is 10.1 Å². The number of rotatable bonds is 2. The molecule has 0 radical (unpaired) electrons. The van der Waals surface area contributed by atoms with E-state index >= 15 is 0 Å². The zero-order chi connectivity index (χ0) is 20.4. The monoisotopic (exact) mass is 454 g/mol. The van der Waals surface area contributed by atoms with E-state index in [9.17, 15) is 9.59 Å². The Morgan fingerprint density at radius 3 is 2.62 bits per heavy atom. The summed E-state index contributed by atoms with van der Waals surface area (Å²) >= 11 is 3.46. The van der Waals surface area contributed by atoms with Crippen LogP contribution >= 0.6 is 15.9 Å². The first-order chi connectivity index (χ1) is 14.0. The van der Waals surface area contributed by atoms with Gasteiger partial charge in [0.05, 0.1) is 25.5 Å². The van der Waals surface area contributed by atoms with Gasteiger partial charge in [-0.3, -0.25) is 14.5 Å². The molecule has 2 aromatic carbocycles. The first-order valence-electron chi connectivity index (χ1n) is 8.82. The van der Waals surface area contributed by atoms with E-state index in [0.29, 0.717) is 39.7 Å². The highest BCUT2D eigenvalue weighted by atomic mass is 79.9. The van der Waals surface area contributed by atoms with Crippen LogP contribution in [0.3, 0.4) is 0 Å². The number of methoxy groups -OCH3 is 2. The van der Waals surface area contributed by atoms with Gasteiger partial charge in [0.2, 0.25) is 0 Å². The number of aromatic nitrogens is 3. The average Bonchev–Trinajstić information content (AvgIpc) is 3.01. The van der Waals surface area contributed by atoms with E-state index in [4.69, 9.17) is 9.47 Å². The van der Waals surface area contributed by atoms with Crippen molar-refractivity contribution in [2.24, 2.45) is 0 Å². The maximum absolute atomic E-state index is 13.5. The van der Waals surface area contributed by atoms with E-state index in [-0.39, 0.29) is 11.6 Å². The molecule has 2 aliphatic rings. The van der Waals surface area contributed by atoms with Crippen LogP contribution in [-0.2, 0) is 0 Å². The molecule has 3 heterocycles. The summed E-state index contributed by atoms with van der Waals surface area (Å²) in [6.45, 7) is 1.61. The molecule has 0 saturated heterocycles. The molecular formula is C20H15BrN4O4. The van der Waals surface area contributed by atoms with Gasteiger partial charge in [0, 0.05) is 15.6 Å². The topological polar surface area (TPSA) is 86.6 Å². The SMILES string of the molecule is COc1ccc2c(c1OC)C(=O)N1c3ccc(Br)cc3-c3nc(=O)c(C)nn3[C@@H]21. The number of carbonyl (C=O) groups excluding carboxylic acids is 1. The molecule has 0 saturated carbocycles. The molecule has 0 aliphatic carbocycles. The zero-order valence-corrected chi connectivity index (χ0v) is 17.3. The van der Waals surface area contributed by atoms with Crippen molar-refractivity contribution in [3.05, 3.63) is 62.0 Å². The smallest absolute Gasteiger partial charge is 0.294 e. The minimum Gasteiger partial charge on any atom is -0.493 e. The van der Waals surface area contributed by atoms with Crippen molar-refractivity contribution in [1.29, 1.82) is 0 Å². The number of aryl methyl sites for hydroxylation is 1. The van der Waals surface area contributed by atoms with Gasteiger partial charge in [0.15, 0.2) is 23.5 Å². The largest absolute Gasteiger partial charge is 0.493 e. The van der Waals surface area contributed by atoms with Gasteiger partial charge >= 0.3 is 0 Å². The third-order valence-electron chi connectivity index (χ3n) is 5.22. The van der Waals surface area contributed by atoms with Crippen LogP contribution in [0.1, 0.15) is 27.8 Å². The fourth-order valence-corrected chi connectivity index (χ4v) is 4.32. The molecule has 0 unspecified atom stereocenters. The first kappa shape index (κ1) is 17.9. The fraction of sp³-hybridized carbons (Fsp3) is 0.200. The van der Waals surface area contributed by atoms with E-state index in [2.05, 4.69) is 26.0 Å². The Morgan fingerprint density at radius 2 is 1.90 bits per heavy atom. The number of halogens is 1. The maximum atomic E-state index is 13.5. The molecule has 3 aromatic rings. The number of amides is 1. The average molecular weight is 455 g/mol. The van der Waals surface area contributed by atoms with Gasteiger partial charge in [0.25, 0.3) is 11.5 Å². The lowest BCUT2D eigenvalue weighted by Crippen LogP contribution is -2.39. The van der Waals surface area contributed by atoms with Crippen LogP contribution < -0.4 is 19.9 Å². The molecular weight excluding hydrogens is 440 g/mol. The van der Waals surface area contributed by atoms with Crippen LogP contribution in [0.25, 0.3) is 11.4 Å². The van der Waals surface area contributed by atoms with E-state index < -0.39 is 11.7 Å². The second-order valence-corrected chi connectivity index (χ2v) is 7.66. The number of anilines is 1. The van der Waals surface area contributed by atoms with Gasteiger partial charge in [-0.05, 0) is 31.2 Å². The van der Waals surface area contributed by atoms with Crippen molar-refractivity contribution in [3.8, 4) is 22.9 Å². The molecule has 0 N–H and O–H groups in total. The summed E-state index contributed by atoms with van der Waals surface area (Å²) < 4.78 is 13.3. The van der Waals surface area contributed by atoms with E-state index in [1.807, 2.05) is 24.3 Å². The van der Waals surface area contributed by atoms with Gasteiger partial charge in [0.1, 0.15) is 5.69 Å². The standard InChI is InChI=1S/C20H15BrN4O4/c1-9-18(26)22-17-12-8-10(21)4-6-13(12)24-19(25(17)23-9)11-5-7-14(28-2)16(29-3)15(11)20(24)27/h4-8,19H,1-3H3/t19-/m0/s1. The molecule has 2 aliphatic heterocycles. The molecule has 0 bridgehead atoms. The molecule has 1 aromatic heterocycles. The number of hydrogen-bond donors (Lipinski definition) is 0. The summed E-state index contributed by atoms with van der Waals surface area (Å²) in [7, 11) is 3.03. The van der Waals surface area contributed by atoms with Crippen molar-refractivity contribution >= 4 is 27.5 Å². The third-order valence-corrected chi connectivity index (χ3v) is 5.71. The van der Waals surface area contributed by atoms with Gasteiger partial charge in [-0.1, -0.05) is 22.0 Å². The number of fused-ring (bicyclic) bond motifs is 8. The molecule has 1 atom stereocenters. The number of benzene rings is 2. The van der Waals surface area contributed by atoms with Gasteiger partial charge in [-0.15, -0.1) is 0 Å². The first-order valence-corrected chi connectivity index (χ1v) is 9.61. The van der Waals surface area contributed by atoms with Crippen molar-refractivity contribution in [1.82, 2.24) is 14.8 Å². The second kappa shape index (κ2) is 6.15. The predicted molar refractivity (Wildman–Crippen MR) is 109 cm³/mol. The quantitative estimate of drug-likeness (QED) is 0.591. The van der Waals surface area contributed by atoms with E-state index in [0.717, 1.165) is 4.47 Å². The number of hydrogen-bond acceptors (Lipinski definition) is 6. The van der Waals surface area contributed by atoms with E-state index in [1.54, 1.807) is 22.6 Å². The Morgan fingerprint density at radius 1 is 1.10 bits per heavy atom. The Balaban J connectivity index is 1.88. The summed E-state index contributed by atoms with van der Waals surface area (Å²) in [4.78, 5) is 31.7. The Labute approximate surface area is 173 Å². The maximum Gasteiger partial charge on any atom is 0.294 e. The summed E-state index contributed by atoms with van der Waals surface area (Å²) in [6.07, 6.45) is -0.576. The molecule has 29 heavy (non-hydrogen) atoms. The van der Waals surface area contributed by atoms with Gasteiger partial charge < -0.3 is 9.47 Å². The Hall–Kier alpha value is -3.20. The van der Waals surface area contributed by atoms with Crippen molar-refractivity contribution in [2.75, 3.05) is 19.1 Å². The van der Waals surface area contributed by atoms with Crippen LogP contribution in [0, 0.1) is 6.92 Å². The predicted octanol–water partition coefficient (Wildman–Crippen LogP) is 2.91. The van der Waals surface area contributed by atoms with Crippen molar-refractivity contribution in [3.63, 3.8) is 0 Å². The third kappa shape index (κ3) is 2.30. The molecule has 0 fully saturated rings. The van der Waals surface area contributed by atoms with Crippen LogP contribution in [0.2, 0.25) is 0 Å². The molecule has 146 valence electrons. The summed E-state index contributed by atoms with van der Waals surface area (Å²) in [6, 6.07) is 9.08. The summed E-state index contributed by atoms with van der Waals surface area (Å²) in [5.74, 6) is 1.02. The molecule has 0 spiro atoms. The lowest BCUT2D eigenvalue weighted by Gasteiger charge is -2.34. The highest BCUT2D eigenvalue weighted by Crippen LogP contribution is 2.50. The van der Waals surface area contributed by atoms with Crippen LogP contribution in [0.5, 0.6) is 11.5 Å². The highest BCUT2D eigenvalue weighted by molar-refractivity contribution is 9.10. The zero-order valence-electron chi connectivity index (χ0n) is 15.8. The molecule has 8 nitrogen and oxygen atoms in total. The Bertz CT molecular complexity index is 1270. The highest BCUT2D eigenvalue weighted by Gasteiger charge is 2.47. The van der Waals surface area contributed by atoms with Crippen LogP contribution in [0.4, 0.5) is 5.69 Å². The second-order valence-electron chi connectivity index (χ2n) is 6.75. The molecule has 9 heteroatoms. The molecule has 5 rings (SSSR count). The normalized spacial score (nSPS) is 16.1. The van der Waals surface area contributed by atoms with Gasteiger partial charge in [-0.25, -0.2) is 4.68 Å². The summed E-state index contributed by atoms with van der Waals surface area (Å²) in [5.41, 5.74) is 2.28. The van der Waals surface area contributed by atoms with Crippen LogP contribution in [0.15, 0.2) is 39.6 Å². The minimum absolute atomic E-state index is 0.229. The number of ether oxygens (including phenoxy) is 2. The van der Waals surface area contributed by atoms with Crippen molar-refractivity contribution in [2.45, 2.75) is 13.1 Å². The molecule has 1 amide bonds. The van der Waals surface area contributed by atoms with E-state index in [1.165, 1.54) is 14.2 Å². The minimum atomic E-state index is -0.576. The van der Waals surface area contributed by atoms with Crippen molar-refractivity contribution < 1.29 is 14.3 Å². The lowest BCUT2D eigenvalue weighted by molar-refractivity contribution is 0.0983. The number of carbonyl (C=O) groups is 1. The Kier molecular flexibility index (Phi) is 3.79. The summed E-state index contributed by atoms with van der Waals surface area (Å²) in [5, 5.41) is 4.48.